The van der Waals surface area contributed by atoms with Crippen LogP contribution in [0.2, 0.25) is 0 Å². The van der Waals surface area contributed by atoms with Gasteiger partial charge in [-0.25, -0.2) is 19.9 Å². The molecular weight excluding hydrogens is 813 g/mol. The van der Waals surface area contributed by atoms with Crippen LogP contribution in [0.1, 0.15) is 25.0 Å². The van der Waals surface area contributed by atoms with Crippen molar-refractivity contribution in [2.24, 2.45) is 0 Å². The van der Waals surface area contributed by atoms with E-state index >= 15 is 0 Å². The van der Waals surface area contributed by atoms with Gasteiger partial charge in [-0.05, 0) is 90.3 Å². The van der Waals surface area contributed by atoms with Crippen molar-refractivity contribution in [3.8, 4) is 78.7 Å². The van der Waals surface area contributed by atoms with E-state index in [1.54, 1.807) is 0 Å². The van der Waals surface area contributed by atoms with Crippen LogP contribution in [0.15, 0.2) is 218 Å². The molecule has 0 saturated carbocycles. The van der Waals surface area contributed by atoms with Crippen LogP contribution >= 0.6 is 0 Å². The first-order valence-corrected chi connectivity index (χ1v) is 23.0. The third-order valence-electron chi connectivity index (χ3n) is 13.9. The van der Waals surface area contributed by atoms with Crippen LogP contribution in [0.25, 0.3) is 122 Å². The van der Waals surface area contributed by atoms with Gasteiger partial charge in [0.15, 0.2) is 11.6 Å². The summed E-state index contributed by atoms with van der Waals surface area (Å²) in [6, 6.07) is 77.8. The van der Waals surface area contributed by atoms with Gasteiger partial charge in [0.25, 0.3) is 0 Å². The summed E-state index contributed by atoms with van der Waals surface area (Å²) in [6.45, 7) is 4.69. The lowest BCUT2D eigenvalue weighted by atomic mass is 9.81. The van der Waals surface area contributed by atoms with Crippen molar-refractivity contribution in [3.63, 3.8) is 0 Å². The number of fused-ring (bicyclic) bond motifs is 7. The molecule has 0 atom stereocenters. The predicted molar refractivity (Wildman–Crippen MR) is 278 cm³/mol. The molecule has 0 spiro atoms. The van der Waals surface area contributed by atoms with Gasteiger partial charge in [0.05, 0.1) is 22.4 Å². The molecule has 0 N–H and O–H groups in total. The monoisotopic (exact) mass is 854 g/mol. The van der Waals surface area contributed by atoms with Gasteiger partial charge in [0.2, 0.25) is 0 Å². The average molecular weight is 855 g/mol. The highest BCUT2D eigenvalue weighted by atomic mass is 14.9. The van der Waals surface area contributed by atoms with Crippen molar-refractivity contribution >= 4 is 43.4 Å². The molecule has 0 fully saturated rings. The Bertz CT molecular complexity index is 3690. The standard InChI is InChI=1S/C63H42N4/c1-63(2)55-37-41(59-53-21-9-11-31-57(53)64-61(66-59)51-29-15-25-45-43(23-13-27-47(45)51)39-17-5-3-6-18-39)33-35-49(55)50-36-34-42(38-56(50)63)60-54-22-10-12-32-58(54)65-62(67-60)52-30-16-26-46-44(24-14-28-48(46)52)40-19-7-4-8-20-40/h3-38H,1-2H3. The van der Waals surface area contributed by atoms with Crippen molar-refractivity contribution < 1.29 is 0 Å². The second kappa shape index (κ2) is 15.3. The molecule has 1 aliphatic carbocycles. The minimum atomic E-state index is -0.305. The Morgan fingerprint density at radius 2 is 0.627 bits per heavy atom. The van der Waals surface area contributed by atoms with E-state index in [0.717, 1.165) is 66.2 Å². The largest absolute Gasteiger partial charge is 0.228 e. The topological polar surface area (TPSA) is 51.6 Å². The molecule has 0 aliphatic heterocycles. The molecule has 67 heavy (non-hydrogen) atoms. The van der Waals surface area contributed by atoms with Crippen molar-refractivity contribution in [2.45, 2.75) is 19.3 Å². The van der Waals surface area contributed by atoms with E-state index in [2.05, 4.69) is 232 Å². The minimum absolute atomic E-state index is 0.305. The van der Waals surface area contributed by atoms with Gasteiger partial charge in [-0.3, -0.25) is 0 Å². The van der Waals surface area contributed by atoms with Gasteiger partial charge in [-0.2, -0.15) is 0 Å². The fourth-order valence-electron chi connectivity index (χ4n) is 10.6. The summed E-state index contributed by atoms with van der Waals surface area (Å²) >= 11 is 0. The van der Waals surface area contributed by atoms with Crippen LogP contribution in [-0.2, 0) is 5.41 Å². The summed E-state index contributed by atoms with van der Waals surface area (Å²) in [5.74, 6) is 1.43. The highest BCUT2D eigenvalue weighted by molar-refractivity contribution is 6.06. The molecule has 1 aliphatic rings. The van der Waals surface area contributed by atoms with E-state index < -0.39 is 0 Å². The zero-order valence-electron chi connectivity index (χ0n) is 37.1. The molecule has 10 aromatic carbocycles. The molecule has 0 bridgehead atoms. The third-order valence-corrected chi connectivity index (χ3v) is 13.9. The van der Waals surface area contributed by atoms with Crippen LogP contribution in [0.3, 0.4) is 0 Å². The van der Waals surface area contributed by atoms with E-state index in [9.17, 15) is 0 Å². The molecule has 314 valence electrons. The maximum Gasteiger partial charge on any atom is 0.161 e. The maximum absolute atomic E-state index is 5.45. The molecule has 0 amide bonds. The summed E-state index contributed by atoms with van der Waals surface area (Å²) in [5, 5.41) is 6.67. The Hall–Kier alpha value is -8.60. The number of para-hydroxylation sites is 2. The first-order chi connectivity index (χ1) is 33.0. The Morgan fingerprint density at radius 3 is 1.06 bits per heavy atom. The van der Waals surface area contributed by atoms with Gasteiger partial charge < -0.3 is 0 Å². The van der Waals surface area contributed by atoms with Crippen molar-refractivity contribution in [1.29, 1.82) is 0 Å². The van der Waals surface area contributed by atoms with Crippen LogP contribution in [-0.4, -0.2) is 19.9 Å². The van der Waals surface area contributed by atoms with Gasteiger partial charge in [0.1, 0.15) is 0 Å². The fraction of sp³-hybridized carbons (Fsp3) is 0.0476. The van der Waals surface area contributed by atoms with Crippen molar-refractivity contribution in [1.82, 2.24) is 19.9 Å². The molecule has 4 heteroatoms. The Kier molecular flexibility index (Phi) is 8.84. The predicted octanol–water partition coefficient (Wildman–Crippen LogP) is 16.2. The molecule has 0 radical (unpaired) electrons. The second-order valence-corrected chi connectivity index (χ2v) is 18.1. The lowest BCUT2D eigenvalue weighted by Crippen LogP contribution is -2.15. The van der Waals surface area contributed by atoms with E-state index in [1.165, 1.54) is 55.3 Å². The highest BCUT2D eigenvalue weighted by Gasteiger charge is 2.36. The summed E-state index contributed by atoms with van der Waals surface area (Å²) in [5.41, 5.74) is 17.4. The van der Waals surface area contributed by atoms with E-state index in [4.69, 9.17) is 19.9 Å². The number of aromatic nitrogens is 4. The van der Waals surface area contributed by atoms with Crippen LogP contribution in [0, 0.1) is 0 Å². The lowest BCUT2D eigenvalue weighted by Gasteiger charge is -2.23. The quantitative estimate of drug-likeness (QED) is 0.167. The second-order valence-electron chi connectivity index (χ2n) is 18.1. The number of nitrogens with zero attached hydrogens (tertiary/aromatic N) is 4. The molecule has 2 heterocycles. The zero-order chi connectivity index (χ0) is 44.6. The molecule has 0 unspecified atom stereocenters. The summed E-state index contributed by atoms with van der Waals surface area (Å²) in [6.07, 6.45) is 0. The Labute approximate surface area is 389 Å². The summed E-state index contributed by atoms with van der Waals surface area (Å²) in [7, 11) is 0. The van der Waals surface area contributed by atoms with Gasteiger partial charge in [-0.1, -0.05) is 208 Å². The van der Waals surface area contributed by atoms with Gasteiger partial charge in [-0.15, -0.1) is 0 Å². The third kappa shape index (κ3) is 6.29. The van der Waals surface area contributed by atoms with Gasteiger partial charge >= 0.3 is 0 Å². The van der Waals surface area contributed by atoms with E-state index in [-0.39, 0.29) is 5.41 Å². The number of benzene rings is 10. The van der Waals surface area contributed by atoms with Gasteiger partial charge in [0, 0.05) is 38.4 Å². The first kappa shape index (κ1) is 38.8. The molecule has 2 aromatic heterocycles. The molecule has 0 saturated heterocycles. The molecule has 13 rings (SSSR count). The van der Waals surface area contributed by atoms with Crippen LogP contribution < -0.4 is 0 Å². The van der Waals surface area contributed by atoms with E-state index in [0.29, 0.717) is 11.6 Å². The maximum atomic E-state index is 5.45. The van der Waals surface area contributed by atoms with Crippen molar-refractivity contribution in [2.75, 3.05) is 0 Å². The number of hydrogen-bond acceptors (Lipinski definition) is 4. The molecule has 12 aromatic rings. The Morgan fingerprint density at radius 1 is 0.269 bits per heavy atom. The van der Waals surface area contributed by atoms with E-state index in [1.807, 2.05) is 0 Å². The minimum Gasteiger partial charge on any atom is -0.228 e. The highest BCUT2D eigenvalue weighted by Crippen LogP contribution is 2.51. The van der Waals surface area contributed by atoms with Crippen LogP contribution in [0.5, 0.6) is 0 Å². The normalized spacial score (nSPS) is 12.7. The molecule has 4 nitrogen and oxygen atoms in total. The van der Waals surface area contributed by atoms with Crippen molar-refractivity contribution in [3.05, 3.63) is 230 Å². The zero-order valence-corrected chi connectivity index (χ0v) is 37.1. The smallest absolute Gasteiger partial charge is 0.161 e. The SMILES string of the molecule is CC1(C)c2cc(-c3nc(-c4cccc5c(-c6ccccc6)cccc45)nc4ccccc34)ccc2-c2ccc(-c3nc(-c4cccc5c(-c6ccccc6)cccc45)nc4ccccc34)cc21. The lowest BCUT2D eigenvalue weighted by molar-refractivity contribution is 0.661. The summed E-state index contributed by atoms with van der Waals surface area (Å²) in [4.78, 5) is 21.3. The molecular formula is C63H42N4. The summed E-state index contributed by atoms with van der Waals surface area (Å²) < 4.78 is 0. The number of hydrogen-bond donors (Lipinski definition) is 0. The van der Waals surface area contributed by atoms with Crippen LogP contribution in [0.4, 0.5) is 0 Å². The Balaban J connectivity index is 0.916. The number of rotatable bonds is 6. The average Bonchev–Trinajstić information content (AvgIpc) is 3.62. The fourth-order valence-corrected chi connectivity index (χ4v) is 10.6. The first-order valence-electron chi connectivity index (χ1n) is 23.0.